The van der Waals surface area contributed by atoms with Gasteiger partial charge in [-0.1, -0.05) is 42.5 Å². The van der Waals surface area contributed by atoms with Crippen LogP contribution in [0.15, 0.2) is 42.5 Å². The Bertz CT molecular complexity index is 1010. The van der Waals surface area contributed by atoms with Gasteiger partial charge in [-0.25, -0.2) is 4.79 Å². The first kappa shape index (κ1) is 16.3. The number of aromatic nitrogens is 3. The lowest BCUT2D eigenvalue weighted by Gasteiger charge is -2.33. The number of amides is 1. The first-order valence-electron chi connectivity index (χ1n) is 8.41. The number of benzene rings is 2. The highest BCUT2D eigenvalue weighted by Crippen LogP contribution is 2.21. The first-order chi connectivity index (χ1) is 12.5. The average molecular weight is 350 g/mol. The molecular formula is C19H18N4O3. The second kappa shape index (κ2) is 6.25. The molecule has 2 aromatic carbocycles. The number of aryl methyl sites for hydroxylation is 1. The third-order valence-electron chi connectivity index (χ3n) is 4.83. The second-order valence-electron chi connectivity index (χ2n) is 6.51. The monoisotopic (exact) mass is 350 g/mol. The summed E-state index contributed by atoms with van der Waals surface area (Å²) in [5.74, 6) is 0.0370. The molecule has 1 aromatic heterocycles. The van der Waals surface area contributed by atoms with Crippen LogP contribution in [-0.4, -0.2) is 42.7 Å². The molecular weight excluding hydrogens is 332 g/mol. The molecule has 1 amide bonds. The molecule has 0 bridgehead atoms. The Morgan fingerprint density at radius 2 is 1.92 bits per heavy atom. The molecule has 1 aliphatic rings. The van der Waals surface area contributed by atoms with Crippen molar-refractivity contribution in [2.45, 2.75) is 32.5 Å². The summed E-state index contributed by atoms with van der Waals surface area (Å²) in [5.41, 5.74) is 0.862. The van der Waals surface area contributed by atoms with Gasteiger partial charge >= 0.3 is 5.97 Å². The second-order valence-corrected chi connectivity index (χ2v) is 6.51. The maximum absolute atomic E-state index is 12.8. The van der Waals surface area contributed by atoms with E-state index in [1.165, 1.54) is 4.90 Å². The molecule has 1 atom stereocenters. The summed E-state index contributed by atoms with van der Waals surface area (Å²) in [6.45, 7) is 2.11. The van der Waals surface area contributed by atoms with Crippen LogP contribution in [-0.2, 0) is 29.1 Å². The van der Waals surface area contributed by atoms with Gasteiger partial charge in [0.2, 0.25) is 5.91 Å². The molecule has 0 fully saturated rings. The van der Waals surface area contributed by atoms with E-state index < -0.39 is 12.0 Å². The third-order valence-corrected chi connectivity index (χ3v) is 4.83. The summed E-state index contributed by atoms with van der Waals surface area (Å²) < 4.78 is 1.76. The van der Waals surface area contributed by atoms with Crippen molar-refractivity contribution in [3.63, 3.8) is 0 Å². The quantitative estimate of drug-likeness (QED) is 0.778. The molecule has 2 heterocycles. The Morgan fingerprint density at radius 3 is 2.69 bits per heavy atom. The molecule has 0 radical (unpaired) electrons. The van der Waals surface area contributed by atoms with Gasteiger partial charge in [0.25, 0.3) is 0 Å². The van der Waals surface area contributed by atoms with E-state index in [0.29, 0.717) is 11.6 Å². The molecule has 7 heteroatoms. The Morgan fingerprint density at radius 1 is 1.15 bits per heavy atom. The summed E-state index contributed by atoms with van der Waals surface area (Å²) in [7, 11) is 0. The predicted molar refractivity (Wildman–Crippen MR) is 94.4 cm³/mol. The van der Waals surface area contributed by atoms with E-state index >= 15 is 0 Å². The van der Waals surface area contributed by atoms with Gasteiger partial charge in [0.05, 0.1) is 19.5 Å². The van der Waals surface area contributed by atoms with Crippen LogP contribution < -0.4 is 0 Å². The number of nitrogens with zero attached hydrogens (tertiary/aromatic N) is 4. The van der Waals surface area contributed by atoms with Crippen LogP contribution in [0.3, 0.4) is 0 Å². The minimum Gasteiger partial charge on any atom is -0.480 e. The smallest absolute Gasteiger partial charge is 0.328 e. The van der Waals surface area contributed by atoms with E-state index in [1.807, 2.05) is 42.5 Å². The zero-order valence-electron chi connectivity index (χ0n) is 14.3. The van der Waals surface area contributed by atoms with E-state index in [9.17, 15) is 14.7 Å². The van der Waals surface area contributed by atoms with Crippen LogP contribution in [0.4, 0.5) is 0 Å². The largest absolute Gasteiger partial charge is 0.480 e. The molecule has 7 nitrogen and oxygen atoms in total. The topological polar surface area (TPSA) is 88.3 Å². The van der Waals surface area contributed by atoms with E-state index in [-0.39, 0.29) is 25.4 Å². The van der Waals surface area contributed by atoms with Gasteiger partial charge in [-0.05, 0) is 23.3 Å². The van der Waals surface area contributed by atoms with Gasteiger partial charge in [-0.3, -0.25) is 4.79 Å². The number of carbonyl (C=O) groups excluding carboxylic acids is 1. The number of hydrogen-bond acceptors (Lipinski definition) is 4. The summed E-state index contributed by atoms with van der Waals surface area (Å²) in [5, 5.41) is 19.8. The van der Waals surface area contributed by atoms with E-state index in [2.05, 4.69) is 10.2 Å². The lowest BCUT2D eigenvalue weighted by Crippen LogP contribution is -2.51. The highest BCUT2D eigenvalue weighted by Gasteiger charge is 2.36. The normalized spacial score (nSPS) is 16.5. The van der Waals surface area contributed by atoms with Crippen molar-refractivity contribution in [3.05, 3.63) is 59.7 Å². The number of carboxylic acid groups (broad SMARTS) is 1. The molecule has 3 aromatic rings. The standard InChI is InChI=1S/C19H18N4O3/c1-12-20-21-17-11-23(16(19(25)26)10-22(12)17)18(24)9-13-6-7-14-4-2-3-5-15(14)8-13/h2-8,16H,9-11H2,1H3,(H,25,26). The van der Waals surface area contributed by atoms with Crippen LogP contribution in [0.25, 0.3) is 10.8 Å². The maximum atomic E-state index is 12.8. The van der Waals surface area contributed by atoms with Crippen LogP contribution in [0.5, 0.6) is 0 Å². The van der Waals surface area contributed by atoms with Crippen molar-refractivity contribution in [2.24, 2.45) is 0 Å². The van der Waals surface area contributed by atoms with E-state index in [1.54, 1.807) is 11.5 Å². The number of aliphatic carboxylic acids is 1. The van der Waals surface area contributed by atoms with E-state index in [0.717, 1.165) is 16.3 Å². The zero-order valence-corrected chi connectivity index (χ0v) is 14.3. The SMILES string of the molecule is Cc1nnc2n1CC(C(=O)O)N(C(=O)Cc1ccc3ccccc3c1)C2. The van der Waals surface area contributed by atoms with Crippen molar-refractivity contribution >= 4 is 22.6 Å². The zero-order chi connectivity index (χ0) is 18.3. The molecule has 4 rings (SSSR count). The molecule has 1 N–H and O–H groups in total. The lowest BCUT2D eigenvalue weighted by molar-refractivity contribution is -0.152. The molecule has 0 saturated carbocycles. The van der Waals surface area contributed by atoms with Crippen molar-refractivity contribution in [1.29, 1.82) is 0 Å². The maximum Gasteiger partial charge on any atom is 0.328 e. The number of carboxylic acids is 1. The average Bonchev–Trinajstić information content (AvgIpc) is 3.01. The first-order valence-corrected chi connectivity index (χ1v) is 8.41. The molecule has 1 unspecified atom stereocenters. The fraction of sp³-hybridized carbons (Fsp3) is 0.263. The van der Waals surface area contributed by atoms with Gasteiger partial charge in [-0.2, -0.15) is 0 Å². The molecule has 1 aliphatic heterocycles. The summed E-state index contributed by atoms with van der Waals surface area (Å²) in [6.07, 6.45) is 0.154. The number of carbonyl (C=O) groups is 2. The van der Waals surface area contributed by atoms with Crippen LogP contribution in [0.1, 0.15) is 17.2 Å². The predicted octanol–water partition coefficient (Wildman–Crippen LogP) is 1.78. The van der Waals surface area contributed by atoms with Gasteiger partial charge < -0.3 is 14.6 Å². The fourth-order valence-electron chi connectivity index (χ4n) is 3.41. The highest BCUT2D eigenvalue weighted by molar-refractivity contribution is 5.87. The van der Waals surface area contributed by atoms with E-state index in [4.69, 9.17) is 0 Å². The summed E-state index contributed by atoms with van der Waals surface area (Å²) >= 11 is 0. The molecule has 132 valence electrons. The van der Waals surface area contributed by atoms with Gasteiger partial charge in [-0.15, -0.1) is 10.2 Å². The number of hydrogen-bond donors (Lipinski definition) is 1. The van der Waals surface area contributed by atoms with Crippen LogP contribution >= 0.6 is 0 Å². The Hall–Kier alpha value is -3.22. The van der Waals surface area contributed by atoms with Gasteiger partial charge in [0.15, 0.2) is 5.82 Å². The Balaban J connectivity index is 1.60. The van der Waals surface area contributed by atoms with Crippen LogP contribution in [0, 0.1) is 6.92 Å². The number of fused-ring (bicyclic) bond motifs is 2. The van der Waals surface area contributed by atoms with Gasteiger partial charge in [0.1, 0.15) is 11.9 Å². The fourth-order valence-corrected chi connectivity index (χ4v) is 3.41. The molecule has 0 aliphatic carbocycles. The van der Waals surface area contributed by atoms with Gasteiger partial charge in [0, 0.05) is 0 Å². The number of rotatable bonds is 3. The Labute approximate surface area is 149 Å². The molecule has 0 spiro atoms. The Kier molecular flexibility index (Phi) is 3.91. The third kappa shape index (κ3) is 2.81. The van der Waals surface area contributed by atoms with Crippen LogP contribution in [0.2, 0.25) is 0 Å². The minimum atomic E-state index is -1.02. The molecule has 26 heavy (non-hydrogen) atoms. The summed E-state index contributed by atoms with van der Waals surface area (Å²) in [4.78, 5) is 25.9. The summed E-state index contributed by atoms with van der Waals surface area (Å²) in [6, 6.07) is 12.9. The van der Waals surface area contributed by atoms with Crippen molar-refractivity contribution in [3.8, 4) is 0 Å². The van der Waals surface area contributed by atoms with Crippen molar-refractivity contribution in [1.82, 2.24) is 19.7 Å². The van der Waals surface area contributed by atoms with Crippen molar-refractivity contribution < 1.29 is 14.7 Å². The lowest BCUT2D eigenvalue weighted by atomic mass is 10.0. The minimum absolute atomic E-state index is 0.154. The highest BCUT2D eigenvalue weighted by atomic mass is 16.4. The van der Waals surface area contributed by atoms with Crippen molar-refractivity contribution in [2.75, 3.05) is 0 Å². The molecule has 0 saturated heterocycles.